The van der Waals surface area contributed by atoms with E-state index in [0.29, 0.717) is 6.42 Å². The Labute approximate surface area is 84.4 Å². The largest absolute Gasteiger partial charge is 0.386 e. The number of rotatable bonds is 1. The van der Waals surface area contributed by atoms with Crippen molar-refractivity contribution in [3.63, 3.8) is 0 Å². The Bertz CT molecular complexity index is 399. The highest BCUT2D eigenvalue weighted by Crippen LogP contribution is 2.31. The molecule has 0 aromatic heterocycles. The lowest BCUT2D eigenvalue weighted by atomic mass is 9.83. The second-order valence-corrected chi connectivity index (χ2v) is 3.99. The summed E-state index contributed by atoms with van der Waals surface area (Å²) in [4.78, 5) is 0. The van der Waals surface area contributed by atoms with Crippen molar-refractivity contribution in [3.05, 3.63) is 54.1 Å². The predicted octanol–water partition coefficient (Wildman–Crippen LogP) is 2.56. The third kappa shape index (κ3) is 1.51. The predicted molar refractivity (Wildman–Crippen MR) is 58.9 cm³/mol. The summed E-state index contributed by atoms with van der Waals surface area (Å²) in [5.74, 6) is 0. The minimum Gasteiger partial charge on any atom is -0.386 e. The lowest BCUT2D eigenvalue weighted by molar-refractivity contribution is 0.111. The van der Waals surface area contributed by atoms with E-state index in [4.69, 9.17) is 0 Å². The van der Waals surface area contributed by atoms with E-state index in [1.54, 1.807) is 6.08 Å². The highest BCUT2D eigenvalue weighted by Gasteiger charge is 2.25. The summed E-state index contributed by atoms with van der Waals surface area (Å²) in [7, 11) is 0. The zero-order valence-corrected chi connectivity index (χ0v) is 8.33. The van der Waals surface area contributed by atoms with Crippen molar-refractivity contribution in [2.24, 2.45) is 0 Å². The van der Waals surface area contributed by atoms with Crippen LogP contribution in [0.1, 0.15) is 18.1 Å². The van der Waals surface area contributed by atoms with Crippen LogP contribution in [0.25, 0.3) is 5.57 Å². The molecule has 2 rings (SSSR count). The van der Waals surface area contributed by atoms with Crippen molar-refractivity contribution in [1.82, 2.24) is 0 Å². The number of hydrogen-bond donors (Lipinski definition) is 1. The van der Waals surface area contributed by atoms with Crippen LogP contribution in [-0.2, 0) is 6.42 Å². The molecule has 1 aliphatic carbocycles. The Morgan fingerprint density at radius 3 is 2.86 bits per heavy atom. The molecule has 0 fully saturated rings. The van der Waals surface area contributed by atoms with Gasteiger partial charge in [-0.1, -0.05) is 36.9 Å². The molecule has 0 spiro atoms. The van der Waals surface area contributed by atoms with Gasteiger partial charge in [-0.15, -0.1) is 0 Å². The number of benzene rings is 1. The molecule has 0 saturated carbocycles. The average Bonchev–Trinajstić information content (AvgIpc) is 2.15. The van der Waals surface area contributed by atoms with Gasteiger partial charge in [-0.2, -0.15) is 0 Å². The topological polar surface area (TPSA) is 20.2 Å². The molecular formula is C13H14O. The first-order valence-corrected chi connectivity index (χ1v) is 4.78. The Morgan fingerprint density at radius 2 is 2.14 bits per heavy atom. The minimum atomic E-state index is -0.738. The molecular weight excluding hydrogens is 172 g/mol. The molecule has 0 aliphatic heterocycles. The minimum absolute atomic E-state index is 0.681. The maximum absolute atomic E-state index is 10.00. The second-order valence-electron chi connectivity index (χ2n) is 3.99. The van der Waals surface area contributed by atoms with Crippen molar-refractivity contribution in [1.29, 1.82) is 0 Å². The number of aliphatic hydroxyl groups is 1. The summed E-state index contributed by atoms with van der Waals surface area (Å²) in [5.41, 5.74) is 2.67. The number of allylic oxidation sites excluding steroid dienone is 2. The average molecular weight is 186 g/mol. The Hall–Kier alpha value is -1.34. The summed E-state index contributed by atoms with van der Waals surface area (Å²) in [6.07, 6.45) is 4.36. The van der Waals surface area contributed by atoms with Crippen LogP contribution in [0, 0.1) is 0 Å². The van der Waals surface area contributed by atoms with Gasteiger partial charge in [-0.05, 0) is 29.7 Å². The van der Waals surface area contributed by atoms with Crippen LogP contribution in [-0.4, -0.2) is 10.7 Å². The van der Waals surface area contributed by atoms with Crippen molar-refractivity contribution >= 4 is 5.57 Å². The smallest absolute Gasteiger partial charge is 0.0849 e. The fourth-order valence-electron chi connectivity index (χ4n) is 1.97. The molecule has 1 unspecified atom stereocenters. The highest BCUT2D eigenvalue weighted by molar-refractivity contribution is 5.78. The Balaban J connectivity index is 2.59. The van der Waals surface area contributed by atoms with Gasteiger partial charge in [0.25, 0.3) is 0 Å². The molecule has 1 heteroatoms. The maximum atomic E-state index is 10.00. The summed E-state index contributed by atoms with van der Waals surface area (Å²) in [6.45, 7) is 5.60. The van der Waals surface area contributed by atoms with Crippen LogP contribution in [0.5, 0.6) is 0 Å². The lowest BCUT2D eigenvalue weighted by Gasteiger charge is -2.27. The van der Waals surface area contributed by atoms with Crippen LogP contribution in [0.15, 0.2) is 43.0 Å². The van der Waals surface area contributed by atoms with E-state index in [9.17, 15) is 5.11 Å². The molecule has 0 radical (unpaired) electrons. The van der Waals surface area contributed by atoms with Crippen molar-refractivity contribution in [2.75, 3.05) is 0 Å². The monoisotopic (exact) mass is 186 g/mol. The van der Waals surface area contributed by atoms with Gasteiger partial charge in [0.15, 0.2) is 0 Å². The first-order valence-electron chi connectivity index (χ1n) is 4.78. The summed E-state index contributed by atoms with van der Waals surface area (Å²) >= 11 is 0. The molecule has 0 amide bonds. The van der Waals surface area contributed by atoms with E-state index >= 15 is 0 Å². The number of hydrogen-bond acceptors (Lipinski definition) is 1. The van der Waals surface area contributed by atoms with E-state index < -0.39 is 5.60 Å². The van der Waals surface area contributed by atoms with Gasteiger partial charge < -0.3 is 5.11 Å². The standard InChI is InChI=1S/C13H14O/c1-3-10-8-13(2,14)9-11-6-4-5-7-12(10)11/h3-8,14H,1,9H2,2H3. The van der Waals surface area contributed by atoms with Gasteiger partial charge in [0, 0.05) is 6.42 Å². The van der Waals surface area contributed by atoms with E-state index in [0.717, 1.165) is 5.57 Å². The zero-order valence-electron chi connectivity index (χ0n) is 8.33. The molecule has 0 bridgehead atoms. The first-order chi connectivity index (χ1) is 6.62. The molecule has 0 heterocycles. The Morgan fingerprint density at radius 1 is 1.43 bits per heavy atom. The molecule has 1 aromatic rings. The van der Waals surface area contributed by atoms with Gasteiger partial charge in [0.05, 0.1) is 5.60 Å². The van der Waals surface area contributed by atoms with Crippen molar-refractivity contribution in [2.45, 2.75) is 18.9 Å². The molecule has 1 aliphatic rings. The molecule has 1 atom stereocenters. The van der Waals surface area contributed by atoms with Gasteiger partial charge in [0.2, 0.25) is 0 Å². The zero-order chi connectivity index (χ0) is 10.2. The van der Waals surface area contributed by atoms with Gasteiger partial charge >= 0.3 is 0 Å². The lowest BCUT2D eigenvalue weighted by Crippen LogP contribution is -2.27. The molecule has 0 saturated heterocycles. The van der Waals surface area contributed by atoms with Crippen LogP contribution < -0.4 is 0 Å². The molecule has 14 heavy (non-hydrogen) atoms. The fourth-order valence-corrected chi connectivity index (χ4v) is 1.97. The van der Waals surface area contributed by atoms with Gasteiger partial charge in [-0.3, -0.25) is 0 Å². The first kappa shape index (κ1) is 9.22. The summed E-state index contributed by atoms with van der Waals surface area (Å²) in [6, 6.07) is 8.13. The van der Waals surface area contributed by atoms with Crippen LogP contribution in [0.3, 0.4) is 0 Å². The molecule has 1 N–H and O–H groups in total. The van der Waals surface area contributed by atoms with E-state index in [1.165, 1.54) is 11.1 Å². The van der Waals surface area contributed by atoms with Crippen LogP contribution in [0.4, 0.5) is 0 Å². The van der Waals surface area contributed by atoms with E-state index in [-0.39, 0.29) is 0 Å². The van der Waals surface area contributed by atoms with Gasteiger partial charge in [-0.25, -0.2) is 0 Å². The van der Waals surface area contributed by atoms with E-state index in [2.05, 4.69) is 18.7 Å². The van der Waals surface area contributed by atoms with Crippen molar-refractivity contribution in [3.8, 4) is 0 Å². The SMILES string of the molecule is C=CC1=CC(C)(O)Cc2ccccc21. The third-order valence-electron chi connectivity index (χ3n) is 2.56. The maximum Gasteiger partial charge on any atom is 0.0849 e. The van der Waals surface area contributed by atoms with Crippen LogP contribution >= 0.6 is 0 Å². The second kappa shape index (κ2) is 3.10. The molecule has 1 aromatic carbocycles. The molecule has 1 nitrogen and oxygen atoms in total. The van der Waals surface area contributed by atoms with Gasteiger partial charge in [0.1, 0.15) is 0 Å². The highest BCUT2D eigenvalue weighted by atomic mass is 16.3. The number of fused-ring (bicyclic) bond motifs is 1. The van der Waals surface area contributed by atoms with E-state index in [1.807, 2.05) is 25.1 Å². The quantitative estimate of drug-likeness (QED) is 0.714. The fraction of sp³-hybridized carbons (Fsp3) is 0.231. The summed E-state index contributed by atoms with van der Waals surface area (Å²) < 4.78 is 0. The Kier molecular flexibility index (Phi) is 2.05. The third-order valence-corrected chi connectivity index (χ3v) is 2.56. The van der Waals surface area contributed by atoms with Crippen LogP contribution in [0.2, 0.25) is 0 Å². The summed E-state index contributed by atoms with van der Waals surface area (Å²) in [5, 5.41) is 10.00. The van der Waals surface area contributed by atoms with Crippen molar-refractivity contribution < 1.29 is 5.11 Å². The molecule has 72 valence electrons. The normalized spacial score (nSPS) is 25.1.